The number of benzene rings is 1. The average molecular weight is 232 g/mol. The molecule has 17 heavy (non-hydrogen) atoms. The van der Waals surface area contributed by atoms with Crippen molar-refractivity contribution >= 4 is 5.69 Å². The fourth-order valence-electron chi connectivity index (χ4n) is 1.91. The molecule has 0 aliphatic carbocycles. The van der Waals surface area contributed by atoms with Crippen LogP contribution in [0.3, 0.4) is 0 Å². The molecule has 0 saturated heterocycles. The fraction of sp³-hybridized carbons (Fsp3) is 0.467. The van der Waals surface area contributed by atoms with Crippen LogP contribution in [0.4, 0.5) is 5.69 Å². The largest absolute Gasteiger partial charge is 0.370 e. The lowest BCUT2D eigenvalue weighted by Crippen LogP contribution is -2.26. The molecular formula is C15H24N2. The minimum absolute atomic E-state index is 0.904. The molecule has 0 bridgehead atoms. The van der Waals surface area contributed by atoms with Gasteiger partial charge in [0.25, 0.3) is 0 Å². The van der Waals surface area contributed by atoms with Gasteiger partial charge in [0, 0.05) is 25.8 Å². The van der Waals surface area contributed by atoms with Crippen molar-refractivity contribution in [2.75, 3.05) is 31.6 Å². The first-order chi connectivity index (χ1) is 8.15. The number of nitrogens with one attached hydrogen (secondary N) is 1. The van der Waals surface area contributed by atoms with Crippen LogP contribution in [-0.2, 0) is 0 Å². The number of anilines is 1. The van der Waals surface area contributed by atoms with Gasteiger partial charge in [-0.25, -0.2) is 0 Å². The van der Waals surface area contributed by atoms with E-state index < -0.39 is 0 Å². The molecule has 0 amide bonds. The molecule has 94 valence electrons. The molecule has 1 rings (SSSR count). The quantitative estimate of drug-likeness (QED) is 0.574. The molecule has 2 nitrogen and oxygen atoms in total. The summed E-state index contributed by atoms with van der Waals surface area (Å²) in [6, 6.07) is 8.45. The van der Waals surface area contributed by atoms with Gasteiger partial charge in [0.2, 0.25) is 0 Å². The highest BCUT2D eigenvalue weighted by molar-refractivity contribution is 5.53. The standard InChI is InChI=1S/C15H24N2/c1-5-10-16-11-13(2)12-17(4)15-9-7-6-8-14(15)3/h6-9,16H,2,5,10-12H2,1,3-4H3. The Morgan fingerprint density at radius 3 is 2.71 bits per heavy atom. The Balaban J connectivity index is 2.46. The number of likely N-dealkylation sites (N-methyl/N-ethyl adjacent to an activating group) is 1. The summed E-state index contributed by atoms with van der Waals surface area (Å²) in [6.45, 7) is 11.3. The highest BCUT2D eigenvalue weighted by Crippen LogP contribution is 2.18. The molecule has 0 aliphatic rings. The number of para-hydroxylation sites is 1. The second-order valence-corrected chi connectivity index (χ2v) is 4.57. The van der Waals surface area contributed by atoms with Crippen LogP contribution >= 0.6 is 0 Å². The predicted molar refractivity (Wildman–Crippen MR) is 76.7 cm³/mol. The van der Waals surface area contributed by atoms with E-state index in [2.05, 4.69) is 62.0 Å². The maximum Gasteiger partial charge on any atom is 0.0396 e. The summed E-state index contributed by atoms with van der Waals surface area (Å²) in [5, 5.41) is 3.38. The lowest BCUT2D eigenvalue weighted by Gasteiger charge is -2.22. The average Bonchev–Trinajstić information content (AvgIpc) is 2.29. The van der Waals surface area contributed by atoms with Gasteiger partial charge in [0.05, 0.1) is 0 Å². The van der Waals surface area contributed by atoms with Crippen molar-refractivity contribution in [2.45, 2.75) is 20.3 Å². The van der Waals surface area contributed by atoms with Crippen LogP contribution < -0.4 is 10.2 Å². The van der Waals surface area contributed by atoms with Gasteiger partial charge in [0.15, 0.2) is 0 Å². The lowest BCUT2D eigenvalue weighted by molar-refractivity contribution is 0.705. The van der Waals surface area contributed by atoms with Crippen molar-refractivity contribution in [3.63, 3.8) is 0 Å². The molecule has 0 spiro atoms. The molecule has 0 aromatic heterocycles. The van der Waals surface area contributed by atoms with Crippen molar-refractivity contribution in [3.05, 3.63) is 42.0 Å². The molecule has 0 aliphatic heterocycles. The first kappa shape index (κ1) is 13.8. The van der Waals surface area contributed by atoms with Crippen LogP contribution in [0.2, 0.25) is 0 Å². The van der Waals surface area contributed by atoms with Crippen molar-refractivity contribution in [2.24, 2.45) is 0 Å². The minimum Gasteiger partial charge on any atom is -0.370 e. The zero-order chi connectivity index (χ0) is 12.7. The van der Waals surface area contributed by atoms with Gasteiger partial charge in [-0.15, -0.1) is 0 Å². The molecule has 1 aromatic carbocycles. The van der Waals surface area contributed by atoms with Gasteiger partial charge in [-0.2, -0.15) is 0 Å². The van der Waals surface area contributed by atoms with Gasteiger partial charge in [-0.05, 0) is 37.1 Å². The minimum atomic E-state index is 0.904. The second kappa shape index (κ2) is 7.13. The summed E-state index contributed by atoms with van der Waals surface area (Å²) < 4.78 is 0. The first-order valence-corrected chi connectivity index (χ1v) is 6.29. The summed E-state index contributed by atoms with van der Waals surface area (Å²) in [5.41, 5.74) is 3.82. The maximum absolute atomic E-state index is 4.12. The van der Waals surface area contributed by atoms with Gasteiger partial charge < -0.3 is 10.2 Å². The normalized spacial score (nSPS) is 10.3. The second-order valence-electron chi connectivity index (χ2n) is 4.57. The maximum atomic E-state index is 4.12. The van der Waals surface area contributed by atoms with E-state index in [-0.39, 0.29) is 0 Å². The lowest BCUT2D eigenvalue weighted by atomic mass is 10.1. The van der Waals surface area contributed by atoms with E-state index in [4.69, 9.17) is 0 Å². The molecular weight excluding hydrogens is 208 g/mol. The molecule has 0 saturated carbocycles. The summed E-state index contributed by atoms with van der Waals surface area (Å²) in [4.78, 5) is 2.26. The van der Waals surface area contributed by atoms with Crippen LogP contribution in [0.5, 0.6) is 0 Å². The van der Waals surface area contributed by atoms with E-state index in [9.17, 15) is 0 Å². The number of rotatable bonds is 7. The Morgan fingerprint density at radius 2 is 2.06 bits per heavy atom. The van der Waals surface area contributed by atoms with Gasteiger partial charge >= 0.3 is 0 Å². The van der Waals surface area contributed by atoms with Crippen LogP contribution in [0.1, 0.15) is 18.9 Å². The third kappa shape index (κ3) is 4.61. The summed E-state index contributed by atoms with van der Waals surface area (Å²) in [5.74, 6) is 0. The van der Waals surface area contributed by atoms with E-state index in [1.165, 1.54) is 23.2 Å². The summed E-state index contributed by atoms with van der Waals surface area (Å²) in [7, 11) is 2.12. The smallest absolute Gasteiger partial charge is 0.0396 e. The van der Waals surface area contributed by atoms with Crippen LogP contribution in [-0.4, -0.2) is 26.7 Å². The highest BCUT2D eigenvalue weighted by Gasteiger charge is 2.04. The van der Waals surface area contributed by atoms with Crippen LogP contribution in [0, 0.1) is 6.92 Å². The number of nitrogens with zero attached hydrogens (tertiary/aromatic N) is 1. The van der Waals surface area contributed by atoms with E-state index in [1.54, 1.807) is 0 Å². The Bertz CT molecular complexity index is 358. The predicted octanol–water partition coefficient (Wildman–Crippen LogP) is 2.99. The van der Waals surface area contributed by atoms with Crippen molar-refractivity contribution in [3.8, 4) is 0 Å². The van der Waals surface area contributed by atoms with Crippen molar-refractivity contribution in [1.29, 1.82) is 0 Å². The highest BCUT2D eigenvalue weighted by atomic mass is 15.1. The molecule has 2 heteroatoms. The molecule has 0 fully saturated rings. The Hall–Kier alpha value is -1.28. The Kier molecular flexibility index (Phi) is 5.78. The number of hydrogen-bond donors (Lipinski definition) is 1. The first-order valence-electron chi connectivity index (χ1n) is 6.29. The monoisotopic (exact) mass is 232 g/mol. The zero-order valence-corrected chi connectivity index (χ0v) is 11.3. The SMILES string of the molecule is C=C(CNCCC)CN(C)c1ccccc1C. The van der Waals surface area contributed by atoms with Crippen LogP contribution in [0.15, 0.2) is 36.4 Å². The summed E-state index contributed by atoms with van der Waals surface area (Å²) in [6.07, 6.45) is 1.17. The van der Waals surface area contributed by atoms with Crippen molar-refractivity contribution < 1.29 is 0 Å². The Morgan fingerprint density at radius 1 is 1.35 bits per heavy atom. The fourth-order valence-corrected chi connectivity index (χ4v) is 1.91. The third-order valence-electron chi connectivity index (χ3n) is 2.79. The third-order valence-corrected chi connectivity index (χ3v) is 2.79. The topological polar surface area (TPSA) is 15.3 Å². The van der Waals surface area contributed by atoms with E-state index in [1.807, 2.05) is 0 Å². The van der Waals surface area contributed by atoms with Crippen LogP contribution in [0.25, 0.3) is 0 Å². The molecule has 1 aromatic rings. The molecule has 1 N–H and O–H groups in total. The summed E-state index contributed by atoms with van der Waals surface area (Å²) >= 11 is 0. The molecule has 0 atom stereocenters. The van der Waals surface area contributed by atoms with E-state index in [0.717, 1.165) is 19.6 Å². The van der Waals surface area contributed by atoms with E-state index in [0.29, 0.717) is 0 Å². The van der Waals surface area contributed by atoms with Gasteiger partial charge in [-0.1, -0.05) is 31.7 Å². The van der Waals surface area contributed by atoms with Gasteiger partial charge in [-0.3, -0.25) is 0 Å². The van der Waals surface area contributed by atoms with E-state index >= 15 is 0 Å². The number of aryl methyl sites for hydroxylation is 1. The molecule has 0 radical (unpaired) electrons. The van der Waals surface area contributed by atoms with Gasteiger partial charge in [0.1, 0.15) is 0 Å². The molecule has 0 heterocycles. The zero-order valence-electron chi connectivity index (χ0n) is 11.3. The van der Waals surface area contributed by atoms with Crippen molar-refractivity contribution in [1.82, 2.24) is 5.32 Å². The molecule has 0 unspecified atom stereocenters. The number of hydrogen-bond acceptors (Lipinski definition) is 2. The Labute approximate surface area is 105 Å².